The highest BCUT2D eigenvalue weighted by Crippen LogP contribution is 1.61. The number of halogens is 6. The molecule has 0 fully saturated rings. The molecule has 0 saturated carbocycles. The van der Waals surface area contributed by atoms with E-state index in [9.17, 15) is 0 Å². The smallest absolute Gasteiger partial charge is 0.0209 e. The average Bonchev–Trinajstić information content (AvgIpc) is 0.918. The van der Waals surface area contributed by atoms with E-state index in [1.807, 2.05) is 0 Å². The van der Waals surface area contributed by atoms with E-state index < -0.39 is 0 Å². The van der Waals surface area contributed by atoms with Crippen molar-refractivity contribution in [2.24, 2.45) is 0 Å². The van der Waals surface area contributed by atoms with Gasteiger partial charge in [-0.1, -0.05) is 0 Å². The molecule has 0 N–H and O–H groups in total. The minimum Gasteiger partial charge on any atom is -0.269 e. The van der Waals surface area contributed by atoms with Crippen LogP contribution in [0, 0.1) is 0 Å². The third-order valence-electron chi connectivity index (χ3n) is 0. The average molecular weight is 166 g/mol. The molecule has 8 heteroatoms. The van der Waals surface area contributed by atoms with Gasteiger partial charge in [-0.05, 0) is 20.0 Å². The molecule has 8 heavy (non-hydrogen) atoms. The minimum absolute atomic E-state index is 0. The molecule has 0 radical (unpaired) electrons. The molecule has 0 aromatic heterocycles. The van der Waals surface area contributed by atoms with Gasteiger partial charge in [0.1, 0.15) is 0 Å². The largest absolute Gasteiger partial charge is 0.269 e. The molecule has 0 aliphatic heterocycles. The molecule has 0 aromatic rings. The second-order valence-corrected chi connectivity index (χ2v) is 0.0583. The van der Waals surface area contributed by atoms with E-state index in [4.69, 9.17) is 9.05 Å². The molecular weight excluding hydrogens is 158 g/mol. The Morgan fingerprint density at radius 1 is 0.750 bits per heavy atom. The van der Waals surface area contributed by atoms with Gasteiger partial charge in [-0.15, -0.1) is 0 Å². The summed E-state index contributed by atoms with van der Waals surface area (Å²) in [6.07, 6.45) is 0. The van der Waals surface area contributed by atoms with Gasteiger partial charge in [0, 0.05) is 5.15 Å². The van der Waals surface area contributed by atoms with Crippen molar-refractivity contribution in [1.82, 2.24) is 0 Å². The second-order valence-electron chi connectivity index (χ2n) is 0.0583. The lowest BCUT2D eigenvalue weighted by Gasteiger charge is -1.41. The van der Waals surface area contributed by atoms with Crippen LogP contribution in [0.5, 0.6) is 0 Å². The first-order chi connectivity index (χ1) is 1.41. The van der Waals surface area contributed by atoms with Crippen molar-refractivity contribution in [3.05, 3.63) is 0 Å². The van der Waals surface area contributed by atoms with Crippen LogP contribution >= 0.6 is 0 Å². The summed E-state index contributed by atoms with van der Waals surface area (Å²) in [4.78, 5) is 0. The highest BCUT2D eigenvalue weighted by Gasteiger charge is 1.42. The topological polar surface area (TPSA) is 9.23 Å². The van der Waals surface area contributed by atoms with Gasteiger partial charge in [-0.25, -0.2) is 0 Å². The monoisotopic (exact) mass is 166 g/mol. The number of hydrogen-bond donors (Lipinski definition) is 0. The molecule has 0 aliphatic rings. The molecule has 0 aliphatic carbocycles. The van der Waals surface area contributed by atoms with Crippen molar-refractivity contribution >= 4 is 11.0 Å². The fourth-order valence-corrected chi connectivity index (χ4v) is 0. The third-order valence-corrected chi connectivity index (χ3v) is 0. The molecule has 0 aromatic carbocycles. The zero-order chi connectivity index (χ0) is 2.71. The van der Waals surface area contributed by atoms with E-state index in [0.717, 1.165) is 0 Å². The van der Waals surface area contributed by atoms with Gasteiger partial charge < -0.3 is 0 Å². The fraction of sp³-hybridized carbons (Fsp3) is 0. The lowest BCUT2D eigenvalue weighted by molar-refractivity contribution is -0.317. The lowest BCUT2D eigenvalue weighted by Crippen LogP contribution is -1.26. The molecule has 0 heterocycles. The van der Waals surface area contributed by atoms with Crippen molar-refractivity contribution < 1.29 is 33.0 Å². The van der Waals surface area contributed by atoms with Gasteiger partial charge in [0.2, 0.25) is 0 Å². The normalized spacial score (nSPS) is 2.25. The van der Waals surface area contributed by atoms with E-state index in [-0.39, 0.29) is 29.8 Å². The Balaban J connectivity index is -0.00000000200. The van der Waals surface area contributed by atoms with Crippen LogP contribution in [-0.4, -0.2) is 11.0 Å². The highest BCUT2D eigenvalue weighted by atomic mass is 28.1. The first kappa shape index (κ1) is 115. The molecule has 1 nitrogen and oxygen atoms in total. The first-order valence-corrected chi connectivity index (χ1v) is 0.309. The Hall–Kier alpha value is -0.243. The summed E-state index contributed by atoms with van der Waals surface area (Å²) >= 11 is 0. The standard InChI is InChI=1S/F2O.4FH.H4Si/c1-3-2;;;;;/h;4*1H;1H4. The predicted molar refractivity (Wildman–Crippen MR) is 24.6 cm³/mol. The molecule has 0 bridgehead atoms. The summed E-state index contributed by atoms with van der Waals surface area (Å²) in [6, 6.07) is 0. The molecule has 0 saturated heterocycles. The molecule has 0 amide bonds. The molecule has 0 unspecified atom stereocenters. The zero-order valence-corrected chi connectivity index (χ0v) is 2.80. The number of rotatable bonds is 0. The minimum atomic E-state index is 0. The van der Waals surface area contributed by atoms with Crippen LogP contribution in [0.2, 0.25) is 0 Å². The van der Waals surface area contributed by atoms with Crippen LogP contribution < -0.4 is 0 Å². The quantitative estimate of drug-likeness (QED) is 0.361. The van der Waals surface area contributed by atoms with E-state index in [0.29, 0.717) is 0 Å². The van der Waals surface area contributed by atoms with Crippen LogP contribution in [0.15, 0.2) is 0 Å². The molecule has 60 valence electrons. The van der Waals surface area contributed by atoms with Crippen molar-refractivity contribution in [1.29, 1.82) is 0 Å². The van der Waals surface area contributed by atoms with Crippen molar-refractivity contribution in [3.8, 4) is 0 Å². The summed E-state index contributed by atoms with van der Waals surface area (Å²) in [5.41, 5.74) is 0. The maximum absolute atomic E-state index is 9.12. The Morgan fingerprint density at radius 2 is 0.750 bits per heavy atom. The Kier molecular flexibility index (Phi) is 5610. The fourth-order valence-electron chi connectivity index (χ4n) is 0. The van der Waals surface area contributed by atoms with E-state index in [1.54, 1.807) is 0 Å². The van der Waals surface area contributed by atoms with Crippen LogP contribution in [0.3, 0.4) is 0 Å². The van der Waals surface area contributed by atoms with Crippen molar-refractivity contribution in [3.63, 3.8) is 0 Å². The molecular formula is H8F6OSi. The first-order valence-electron chi connectivity index (χ1n) is 0.309. The van der Waals surface area contributed by atoms with Gasteiger partial charge in [-0.2, -0.15) is 0 Å². The van der Waals surface area contributed by atoms with Gasteiger partial charge in [-0.3, -0.25) is 18.8 Å². The Bertz CT molecular complexity index is 8.49. The zero-order valence-electron chi connectivity index (χ0n) is 2.80. The van der Waals surface area contributed by atoms with E-state index in [1.165, 1.54) is 5.15 Å². The van der Waals surface area contributed by atoms with Gasteiger partial charge in [0.25, 0.3) is 0 Å². The van der Waals surface area contributed by atoms with Gasteiger partial charge in [0.15, 0.2) is 0 Å². The van der Waals surface area contributed by atoms with E-state index in [2.05, 4.69) is 0 Å². The highest BCUT2D eigenvalue weighted by molar-refractivity contribution is 5.75. The molecule has 0 spiro atoms. The summed E-state index contributed by atoms with van der Waals surface area (Å²) < 4.78 is 18.2. The number of hydrogen-bond acceptors (Lipinski definition) is 1. The molecule has 0 rings (SSSR count). The Morgan fingerprint density at radius 3 is 0.750 bits per heavy atom. The Labute approximate surface area is 45.3 Å². The lowest BCUT2D eigenvalue weighted by atomic mass is 15.4. The van der Waals surface area contributed by atoms with Crippen LogP contribution in [-0.2, 0) is 5.15 Å². The summed E-state index contributed by atoms with van der Waals surface area (Å²) in [6.45, 7) is 0. The predicted octanol–water partition coefficient (Wildman–Crippen LogP) is -0.0696. The maximum Gasteiger partial charge on any atom is 0.0209 e. The summed E-state index contributed by atoms with van der Waals surface area (Å²) in [5.74, 6) is 0. The van der Waals surface area contributed by atoms with Gasteiger partial charge >= 0.3 is 0 Å². The van der Waals surface area contributed by atoms with Crippen LogP contribution in [0.25, 0.3) is 0 Å². The second kappa shape index (κ2) is 391. The van der Waals surface area contributed by atoms with Crippen molar-refractivity contribution in [2.75, 3.05) is 0 Å². The summed E-state index contributed by atoms with van der Waals surface area (Å²) in [5, 5.41) is 1.25. The molecule has 0 atom stereocenters. The van der Waals surface area contributed by atoms with Crippen LogP contribution in [0.1, 0.15) is 0 Å². The maximum atomic E-state index is 9.12. The third kappa shape index (κ3) is 2200. The van der Waals surface area contributed by atoms with Crippen molar-refractivity contribution in [2.45, 2.75) is 0 Å². The summed E-state index contributed by atoms with van der Waals surface area (Å²) in [7, 11) is 0. The van der Waals surface area contributed by atoms with Gasteiger partial charge in [0.05, 0.1) is 0 Å². The SMILES string of the molecule is F.F.F.F.FOF.[SiH4]. The van der Waals surface area contributed by atoms with E-state index >= 15 is 0 Å². The van der Waals surface area contributed by atoms with Crippen LogP contribution in [0.4, 0.5) is 27.9 Å².